The predicted octanol–water partition coefficient (Wildman–Crippen LogP) is 4.01. The van der Waals surface area contributed by atoms with Gasteiger partial charge in [-0.1, -0.05) is 24.3 Å². The zero-order chi connectivity index (χ0) is 16.2. The lowest BCUT2D eigenvalue weighted by Gasteiger charge is -2.19. The van der Waals surface area contributed by atoms with Gasteiger partial charge in [0, 0.05) is 29.8 Å². The van der Waals surface area contributed by atoms with Gasteiger partial charge in [-0.05, 0) is 30.7 Å². The third kappa shape index (κ3) is 3.52. The summed E-state index contributed by atoms with van der Waals surface area (Å²) in [6.45, 7) is 2.54. The first kappa shape index (κ1) is 15.5. The Kier molecular flexibility index (Phi) is 4.60. The Morgan fingerprint density at radius 2 is 2.04 bits per heavy atom. The van der Waals surface area contributed by atoms with Gasteiger partial charge in [-0.2, -0.15) is 0 Å². The minimum absolute atomic E-state index is 0.477. The van der Waals surface area contributed by atoms with Crippen LogP contribution in [0.3, 0.4) is 0 Å². The van der Waals surface area contributed by atoms with Crippen LogP contribution in [0.25, 0.3) is 10.6 Å². The van der Waals surface area contributed by atoms with Gasteiger partial charge in [0.15, 0.2) is 0 Å². The molecule has 0 unspecified atom stereocenters. The van der Waals surface area contributed by atoms with Gasteiger partial charge in [0.25, 0.3) is 0 Å². The highest BCUT2D eigenvalue weighted by Gasteiger charge is 2.09. The Morgan fingerprint density at radius 3 is 2.78 bits per heavy atom. The van der Waals surface area contributed by atoms with E-state index in [0.29, 0.717) is 6.61 Å². The van der Waals surface area contributed by atoms with E-state index in [-0.39, 0.29) is 0 Å². The van der Waals surface area contributed by atoms with E-state index in [2.05, 4.69) is 18.0 Å². The van der Waals surface area contributed by atoms with Crippen molar-refractivity contribution >= 4 is 17.0 Å². The molecule has 3 rings (SSSR count). The van der Waals surface area contributed by atoms with Crippen molar-refractivity contribution in [3.05, 3.63) is 65.2 Å². The maximum absolute atomic E-state index is 6.00. The number of hydrogen-bond acceptors (Lipinski definition) is 5. The summed E-state index contributed by atoms with van der Waals surface area (Å²) in [4.78, 5) is 4.34. The Hall–Kier alpha value is -2.37. The number of anilines is 1. The lowest BCUT2D eigenvalue weighted by Crippen LogP contribution is -2.26. The molecule has 2 aromatic carbocycles. The second-order valence-corrected chi connectivity index (χ2v) is 6.23. The Balaban J connectivity index is 1.81. The van der Waals surface area contributed by atoms with Crippen LogP contribution in [0.15, 0.2) is 54.0 Å². The molecule has 0 saturated heterocycles. The van der Waals surface area contributed by atoms with Crippen LogP contribution in [0.2, 0.25) is 0 Å². The van der Waals surface area contributed by atoms with Gasteiger partial charge >= 0.3 is 0 Å². The quantitative estimate of drug-likeness (QED) is 0.569. The van der Waals surface area contributed by atoms with E-state index in [4.69, 9.17) is 10.6 Å². The summed E-state index contributed by atoms with van der Waals surface area (Å²) in [5.41, 5.74) is 4.30. The van der Waals surface area contributed by atoms with Crippen molar-refractivity contribution in [1.82, 2.24) is 4.98 Å². The second kappa shape index (κ2) is 6.81. The van der Waals surface area contributed by atoms with Crippen molar-refractivity contribution < 1.29 is 4.74 Å². The van der Waals surface area contributed by atoms with Gasteiger partial charge < -0.3 is 9.75 Å². The highest BCUT2D eigenvalue weighted by atomic mass is 32.1. The van der Waals surface area contributed by atoms with Crippen LogP contribution in [0.5, 0.6) is 5.75 Å². The first-order valence-corrected chi connectivity index (χ1v) is 8.23. The second-order valence-electron chi connectivity index (χ2n) is 5.34. The van der Waals surface area contributed by atoms with Gasteiger partial charge in [0.05, 0.1) is 5.69 Å². The van der Waals surface area contributed by atoms with E-state index in [1.165, 1.54) is 0 Å². The van der Waals surface area contributed by atoms with Gasteiger partial charge in [-0.25, -0.2) is 10.8 Å². The van der Waals surface area contributed by atoms with Crippen LogP contribution < -0.4 is 15.6 Å². The van der Waals surface area contributed by atoms with Crippen LogP contribution >= 0.6 is 11.3 Å². The molecule has 0 aliphatic heterocycles. The Morgan fingerprint density at radius 1 is 1.22 bits per heavy atom. The van der Waals surface area contributed by atoms with Crippen molar-refractivity contribution in [1.29, 1.82) is 0 Å². The molecule has 0 aliphatic rings. The molecule has 1 aromatic heterocycles. The molecule has 0 radical (unpaired) electrons. The zero-order valence-corrected chi connectivity index (χ0v) is 14.0. The number of nitrogens with zero attached hydrogens (tertiary/aromatic N) is 2. The fourth-order valence-electron chi connectivity index (χ4n) is 2.45. The fourth-order valence-corrected chi connectivity index (χ4v) is 3.08. The number of hydrogen-bond donors (Lipinski definition) is 1. The number of thiazole rings is 1. The predicted molar refractivity (Wildman–Crippen MR) is 95.7 cm³/mol. The molecule has 0 spiro atoms. The molecule has 3 aromatic rings. The summed E-state index contributed by atoms with van der Waals surface area (Å²) in [7, 11) is 1.83. The van der Waals surface area contributed by atoms with Crippen molar-refractivity contribution in [2.45, 2.75) is 13.5 Å². The van der Waals surface area contributed by atoms with Crippen LogP contribution in [-0.2, 0) is 6.61 Å². The molecule has 4 nitrogen and oxygen atoms in total. The summed E-state index contributed by atoms with van der Waals surface area (Å²) < 4.78 is 6.00. The third-order valence-corrected chi connectivity index (χ3v) is 4.48. The minimum atomic E-state index is 0.477. The first-order chi connectivity index (χ1) is 11.1. The topological polar surface area (TPSA) is 51.4 Å². The van der Waals surface area contributed by atoms with E-state index in [0.717, 1.165) is 33.1 Å². The summed E-state index contributed by atoms with van der Waals surface area (Å²) in [5, 5.41) is 4.59. The first-order valence-electron chi connectivity index (χ1n) is 7.35. The molecule has 0 fully saturated rings. The van der Waals surface area contributed by atoms with E-state index < -0.39 is 0 Å². The molecular weight excluding hydrogens is 306 g/mol. The van der Waals surface area contributed by atoms with Crippen LogP contribution in [0.4, 0.5) is 5.69 Å². The number of nitrogens with two attached hydrogens (primary N) is 1. The normalized spacial score (nSPS) is 10.6. The fraction of sp³-hybridized carbons (Fsp3) is 0.167. The number of benzene rings is 2. The average Bonchev–Trinajstić information content (AvgIpc) is 3.08. The standard InChI is InChI=1S/C18H19N3OS/c1-13-5-3-8-17(21(2)19)16(13)12-22-15-7-4-6-14(11-15)18-20-9-10-23-18/h3-11H,12,19H2,1-2H3. The molecule has 23 heavy (non-hydrogen) atoms. The maximum Gasteiger partial charge on any atom is 0.123 e. The number of aryl methyl sites for hydroxylation is 1. The highest BCUT2D eigenvalue weighted by Crippen LogP contribution is 2.27. The molecule has 1 heterocycles. The van der Waals surface area contributed by atoms with Crippen molar-refractivity contribution in [2.24, 2.45) is 5.84 Å². The van der Waals surface area contributed by atoms with E-state index >= 15 is 0 Å². The smallest absolute Gasteiger partial charge is 0.123 e. The molecule has 0 atom stereocenters. The highest BCUT2D eigenvalue weighted by molar-refractivity contribution is 7.13. The van der Waals surface area contributed by atoms with Crippen molar-refractivity contribution in [3.63, 3.8) is 0 Å². The average molecular weight is 325 g/mol. The van der Waals surface area contributed by atoms with Gasteiger partial charge in [0.1, 0.15) is 17.4 Å². The van der Waals surface area contributed by atoms with Crippen LogP contribution in [0, 0.1) is 6.92 Å². The molecule has 5 heteroatoms. The van der Waals surface area contributed by atoms with E-state index in [9.17, 15) is 0 Å². The van der Waals surface area contributed by atoms with E-state index in [1.807, 2.05) is 55.0 Å². The number of aromatic nitrogens is 1. The van der Waals surface area contributed by atoms with E-state index in [1.54, 1.807) is 16.3 Å². The molecule has 118 valence electrons. The SMILES string of the molecule is Cc1cccc(N(C)N)c1COc1cccc(-c2nccs2)c1. The monoisotopic (exact) mass is 325 g/mol. The molecule has 0 bridgehead atoms. The Bertz CT molecular complexity index is 785. The third-order valence-electron chi connectivity index (χ3n) is 3.66. The summed E-state index contributed by atoms with van der Waals surface area (Å²) >= 11 is 1.62. The lowest BCUT2D eigenvalue weighted by atomic mass is 10.1. The van der Waals surface area contributed by atoms with Gasteiger partial charge in [-0.3, -0.25) is 0 Å². The molecule has 0 amide bonds. The minimum Gasteiger partial charge on any atom is -0.489 e. The molecular formula is C18H19N3OS. The summed E-state index contributed by atoms with van der Waals surface area (Å²) in [6.07, 6.45) is 1.81. The number of ether oxygens (including phenoxy) is 1. The zero-order valence-electron chi connectivity index (χ0n) is 13.2. The van der Waals surface area contributed by atoms with Crippen LogP contribution in [-0.4, -0.2) is 12.0 Å². The molecule has 0 saturated carbocycles. The Labute approximate surface area is 140 Å². The van der Waals surface area contributed by atoms with Crippen molar-refractivity contribution in [3.8, 4) is 16.3 Å². The number of hydrazine groups is 1. The number of rotatable bonds is 5. The maximum atomic E-state index is 6.00. The lowest BCUT2D eigenvalue weighted by molar-refractivity contribution is 0.306. The van der Waals surface area contributed by atoms with Crippen molar-refractivity contribution in [2.75, 3.05) is 12.1 Å². The molecule has 0 aliphatic carbocycles. The summed E-state index contributed by atoms with van der Waals surface area (Å²) in [6, 6.07) is 14.1. The van der Waals surface area contributed by atoms with Gasteiger partial charge in [-0.15, -0.1) is 11.3 Å². The summed E-state index contributed by atoms with van der Waals surface area (Å²) in [5.74, 6) is 6.74. The largest absolute Gasteiger partial charge is 0.489 e. The van der Waals surface area contributed by atoms with Gasteiger partial charge in [0.2, 0.25) is 0 Å². The van der Waals surface area contributed by atoms with Crippen LogP contribution in [0.1, 0.15) is 11.1 Å². The molecule has 2 N–H and O–H groups in total.